The topological polar surface area (TPSA) is 77.5 Å². The summed E-state index contributed by atoms with van der Waals surface area (Å²) in [6.45, 7) is 0.163. The standard InChI is InChI=1S/C17H17Cl2NO4S/c18-14-5-3-13(4-6-14)12-20(11-1-2-17(21)22)25(23,24)16-9-7-15(19)8-10-16/h3-10H,1-2,11-12H2,(H,21,22)/p-1. The van der Waals surface area contributed by atoms with Gasteiger partial charge in [0.1, 0.15) is 0 Å². The summed E-state index contributed by atoms with van der Waals surface area (Å²) < 4.78 is 27.0. The maximum atomic E-state index is 12.9. The van der Waals surface area contributed by atoms with E-state index in [-0.39, 0.29) is 30.8 Å². The maximum Gasteiger partial charge on any atom is 0.243 e. The summed E-state index contributed by atoms with van der Waals surface area (Å²) in [4.78, 5) is 10.7. The summed E-state index contributed by atoms with van der Waals surface area (Å²) in [6, 6.07) is 12.6. The second-order valence-electron chi connectivity index (χ2n) is 5.39. The van der Waals surface area contributed by atoms with E-state index in [1.807, 2.05) is 0 Å². The molecule has 0 bridgehead atoms. The van der Waals surface area contributed by atoms with Crippen molar-refractivity contribution in [2.75, 3.05) is 6.54 Å². The van der Waals surface area contributed by atoms with Crippen molar-refractivity contribution in [3.8, 4) is 0 Å². The number of rotatable bonds is 8. The predicted octanol–water partition coefficient (Wildman–Crippen LogP) is 2.71. The zero-order chi connectivity index (χ0) is 18.4. The number of hydrogen-bond donors (Lipinski definition) is 0. The Labute approximate surface area is 156 Å². The summed E-state index contributed by atoms with van der Waals surface area (Å²) >= 11 is 11.7. The van der Waals surface area contributed by atoms with E-state index in [1.165, 1.54) is 28.6 Å². The van der Waals surface area contributed by atoms with Crippen LogP contribution in [0.15, 0.2) is 53.4 Å². The van der Waals surface area contributed by atoms with Crippen molar-refractivity contribution in [2.45, 2.75) is 24.3 Å². The summed E-state index contributed by atoms with van der Waals surface area (Å²) in [5.74, 6) is -1.21. The van der Waals surface area contributed by atoms with Crippen LogP contribution in [0, 0.1) is 0 Å². The fraction of sp³-hybridized carbons (Fsp3) is 0.235. The zero-order valence-corrected chi connectivity index (χ0v) is 15.5. The Kier molecular flexibility index (Phi) is 6.84. The lowest BCUT2D eigenvalue weighted by Crippen LogP contribution is -2.33. The van der Waals surface area contributed by atoms with Crippen LogP contribution in [0.2, 0.25) is 10.0 Å². The lowest BCUT2D eigenvalue weighted by Gasteiger charge is -2.22. The Morgan fingerprint density at radius 2 is 1.48 bits per heavy atom. The summed E-state index contributed by atoms with van der Waals surface area (Å²) in [6.07, 6.45) is -0.0595. The number of carbonyl (C=O) groups excluding carboxylic acids is 1. The first-order valence-corrected chi connectivity index (χ1v) is 9.68. The molecule has 2 aromatic carbocycles. The van der Waals surface area contributed by atoms with Crippen LogP contribution in [-0.2, 0) is 21.4 Å². The molecule has 134 valence electrons. The lowest BCUT2D eigenvalue weighted by molar-refractivity contribution is -0.305. The molecule has 2 aromatic rings. The number of carboxylic acid groups (broad SMARTS) is 1. The molecule has 25 heavy (non-hydrogen) atoms. The van der Waals surface area contributed by atoms with Gasteiger partial charge in [0, 0.05) is 29.1 Å². The van der Waals surface area contributed by atoms with E-state index in [0.29, 0.717) is 10.0 Å². The average molecular weight is 401 g/mol. The molecule has 0 saturated carbocycles. The Morgan fingerprint density at radius 3 is 2.00 bits per heavy atom. The van der Waals surface area contributed by atoms with E-state index < -0.39 is 16.0 Å². The minimum Gasteiger partial charge on any atom is -0.550 e. The second-order valence-corrected chi connectivity index (χ2v) is 8.21. The molecule has 0 saturated heterocycles. The monoisotopic (exact) mass is 400 g/mol. The number of nitrogens with zero attached hydrogens (tertiary/aromatic N) is 1. The molecule has 5 nitrogen and oxygen atoms in total. The normalized spacial score (nSPS) is 11.6. The highest BCUT2D eigenvalue weighted by Crippen LogP contribution is 2.21. The Morgan fingerprint density at radius 1 is 0.960 bits per heavy atom. The third-order valence-corrected chi connectivity index (χ3v) is 5.88. The van der Waals surface area contributed by atoms with Gasteiger partial charge in [-0.2, -0.15) is 4.31 Å². The van der Waals surface area contributed by atoms with Gasteiger partial charge in [-0.25, -0.2) is 8.42 Å². The molecule has 0 spiro atoms. The van der Waals surface area contributed by atoms with Gasteiger partial charge in [-0.3, -0.25) is 0 Å². The smallest absolute Gasteiger partial charge is 0.243 e. The number of hydrogen-bond acceptors (Lipinski definition) is 4. The molecular weight excluding hydrogens is 385 g/mol. The van der Waals surface area contributed by atoms with Crippen LogP contribution in [-0.4, -0.2) is 25.2 Å². The third-order valence-electron chi connectivity index (χ3n) is 3.51. The summed E-state index contributed by atoms with van der Waals surface area (Å²) in [5, 5.41) is 11.6. The summed E-state index contributed by atoms with van der Waals surface area (Å²) in [5.41, 5.74) is 0.746. The van der Waals surface area contributed by atoms with Gasteiger partial charge >= 0.3 is 0 Å². The van der Waals surface area contributed by atoms with Crippen LogP contribution in [0.1, 0.15) is 18.4 Å². The molecule has 0 heterocycles. The van der Waals surface area contributed by atoms with E-state index >= 15 is 0 Å². The van der Waals surface area contributed by atoms with Gasteiger partial charge in [0.25, 0.3) is 0 Å². The van der Waals surface area contributed by atoms with Gasteiger partial charge in [-0.15, -0.1) is 0 Å². The number of carbonyl (C=O) groups is 1. The first kappa shape index (κ1) is 19.7. The van der Waals surface area contributed by atoms with Crippen LogP contribution in [0.25, 0.3) is 0 Å². The third kappa shape index (κ3) is 5.71. The van der Waals surface area contributed by atoms with E-state index in [1.54, 1.807) is 24.3 Å². The highest BCUT2D eigenvalue weighted by molar-refractivity contribution is 7.89. The fourth-order valence-corrected chi connectivity index (χ4v) is 3.95. The molecular formula is C17H16Cl2NO4S-. The first-order valence-electron chi connectivity index (χ1n) is 7.49. The van der Waals surface area contributed by atoms with E-state index in [2.05, 4.69) is 0 Å². The molecule has 0 aliphatic heterocycles. The SMILES string of the molecule is O=C([O-])CCCN(Cc1ccc(Cl)cc1)S(=O)(=O)c1ccc(Cl)cc1. The average Bonchev–Trinajstić information content (AvgIpc) is 2.56. The van der Waals surface area contributed by atoms with Crippen LogP contribution in [0.3, 0.4) is 0 Å². The molecule has 2 rings (SSSR count). The van der Waals surface area contributed by atoms with Crippen LogP contribution in [0.5, 0.6) is 0 Å². The molecule has 0 N–H and O–H groups in total. The molecule has 0 amide bonds. The van der Waals surface area contributed by atoms with Gasteiger partial charge < -0.3 is 9.90 Å². The Bertz CT molecular complexity index is 821. The van der Waals surface area contributed by atoms with Crippen molar-refractivity contribution in [1.82, 2.24) is 4.31 Å². The number of sulfonamides is 1. The highest BCUT2D eigenvalue weighted by Gasteiger charge is 2.24. The van der Waals surface area contributed by atoms with Crippen LogP contribution >= 0.6 is 23.2 Å². The highest BCUT2D eigenvalue weighted by atomic mass is 35.5. The minimum absolute atomic E-state index is 0.0571. The molecule has 0 aliphatic rings. The van der Waals surface area contributed by atoms with Gasteiger partial charge in [-0.1, -0.05) is 35.3 Å². The predicted molar refractivity (Wildman–Crippen MR) is 94.7 cm³/mol. The van der Waals surface area contributed by atoms with Gasteiger partial charge in [0.15, 0.2) is 0 Å². The number of halogens is 2. The molecule has 0 fully saturated rings. The quantitative estimate of drug-likeness (QED) is 0.682. The van der Waals surface area contributed by atoms with Crippen LogP contribution < -0.4 is 5.11 Å². The van der Waals surface area contributed by atoms with Crippen molar-refractivity contribution < 1.29 is 18.3 Å². The number of aliphatic carboxylic acids is 1. The molecule has 0 aliphatic carbocycles. The largest absolute Gasteiger partial charge is 0.550 e. The Hall–Kier alpha value is -1.60. The second kappa shape index (κ2) is 8.67. The van der Waals surface area contributed by atoms with Gasteiger partial charge in [0.05, 0.1) is 4.90 Å². The number of carboxylic acids is 1. The summed E-state index contributed by atoms with van der Waals surface area (Å²) in [7, 11) is -3.80. The molecule has 0 atom stereocenters. The van der Waals surface area contributed by atoms with Crippen molar-refractivity contribution in [1.29, 1.82) is 0 Å². The number of benzene rings is 2. The van der Waals surface area contributed by atoms with Crippen molar-refractivity contribution in [3.63, 3.8) is 0 Å². The molecule has 0 unspecified atom stereocenters. The van der Waals surface area contributed by atoms with Gasteiger partial charge in [0.2, 0.25) is 10.0 Å². The van der Waals surface area contributed by atoms with E-state index in [9.17, 15) is 18.3 Å². The molecule has 0 aromatic heterocycles. The molecule has 8 heteroatoms. The maximum absolute atomic E-state index is 12.9. The van der Waals surface area contributed by atoms with Crippen molar-refractivity contribution >= 4 is 39.2 Å². The van der Waals surface area contributed by atoms with E-state index in [0.717, 1.165) is 5.56 Å². The van der Waals surface area contributed by atoms with Crippen molar-refractivity contribution in [2.24, 2.45) is 0 Å². The zero-order valence-electron chi connectivity index (χ0n) is 13.2. The van der Waals surface area contributed by atoms with E-state index in [4.69, 9.17) is 23.2 Å². The fourth-order valence-electron chi connectivity index (χ4n) is 2.23. The Balaban J connectivity index is 2.26. The van der Waals surface area contributed by atoms with Crippen LogP contribution in [0.4, 0.5) is 0 Å². The minimum atomic E-state index is -3.80. The lowest BCUT2D eigenvalue weighted by atomic mass is 10.2. The van der Waals surface area contributed by atoms with Crippen molar-refractivity contribution in [3.05, 3.63) is 64.1 Å². The van der Waals surface area contributed by atoms with Gasteiger partial charge in [-0.05, 0) is 54.8 Å². The molecule has 0 radical (unpaired) electrons. The first-order chi connectivity index (χ1) is 11.8.